The Balaban J connectivity index is 2.46. The second-order valence-electron chi connectivity index (χ2n) is 6.53. The summed E-state index contributed by atoms with van der Waals surface area (Å²) in [7, 11) is 0. The Bertz CT molecular complexity index is 673. The quantitative estimate of drug-likeness (QED) is 0.810. The number of benzene rings is 2. The zero-order valence-electron chi connectivity index (χ0n) is 14.9. The van der Waals surface area contributed by atoms with Crippen LogP contribution < -0.4 is 5.32 Å². The minimum atomic E-state index is -1.01. The molecule has 0 fully saturated rings. The maximum Gasteiger partial charge on any atom is 0.326 e. The fourth-order valence-corrected chi connectivity index (χ4v) is 2.94. The molecule has 0 spiro atoms. The molecule has 132 valence electrons. The topological polar surface area (TPSA) is 66.4 Å². The summed E-state index contributed by atoms with van der Waals surface area (Å²) in [6.45, 7) is 5.59. The molecule has 0 aromatic heterocycles. The van der Waals surface area contributed by atoms with E-state index in [0.29, 0.717) is 6.42 Å². The summed E-state index contributed by atoms with van der Waals surface area (Å²) >= 11 is 0. The molecule has 0 radical (unpaired) electrons. The van der Waals surface area contributed by atoms with E-state index in [2.05, 4.69) is 5.32 Å². The van der Waals surface area contributed by atoms with Crippen LogP contribution in [0.15, 0.2) is 60.7 Å². The Hall–Kier alpha value is -2.62. The molecule has 0 heterocycles. The zero-order valence-corrected chi connectivity index (χ0v) is 14.9. The van der Waals surface area contributed by atoms with E-state index in [4.69, 9.17) is 0 Å². The van der Waals surface area contributed by atoms with Gasteiger partial charge in [-0.25, -0.2) is 4.79 Å². The molecule has 25 heavy (non-hydrogen) atoms. The van der Waals surface area contributed by atoms with Crippen molar-refractivity contribution < 1.29 is 14.7 Å². The van der Waals surface area contributed by atoms with E-state index in [1.54, 1.807) is 0 Å². The summed E-state index contributed by atoms with van der Waals surface area (Å²) in [5.41, 5.74) is 0.683. The molecule has 2 N–H and O–H groups in total. The molecule has 0 aliphatic rings. The van der Waals surface area contributed by atoms with Gasteiger partial charge in [-0.05, 0) is 24.0 Å². The number of aliphatic carboxylic acids is 1. The molecule has 2 rings (SSSR count). The van der Waals surface area contributed by atoms with Crippen molar-refractivity contribution >= 4 is 11.9 Å². The van der Waals surface area contributed by atoms with Gasteiger partial charge in [-0.2, -0.15) is 0 Å². The number of amides is 1. The SMILES string of the molecule is CC[C@@H](C)[C@H](NC(=O)C(C)(c1ccccc1)c1ccccc1)C(=O)O. The summed E-state index contributed by atoms with van der Waals surface area (Å²) in [6, 6.07) is 18.0. The van der Waals surface area contributed by atoms with Crippen molar-refractivity contribution in [3.63, 3.8) is 0 Å². The van der Waals surface area contributed by atoms with Crippen LogP contribution in [0.1, 0.15) is 38.3 Å². The number of hydrogen-bond acceptors (Lipinski definition) is 2. The highest BCUT2D eigenvalue weighted by Crippen LogP contribution is 2.32. The zero-order chi connectivity index (χ0) is 18.4. The van der Waals surface area contributed by atoms with Crippen molar-refractivity contribution in [1.29, 1.82) is 0 Å². The van der Waals surface area contributed by atoms with Gasteiger partial charge < -0.3 is 10.4 Å². The number of carbonyl (C=O) groups is 2. The first-order chi connectivity index (χ1) is 11.9. The Morgan fingerprint density at radius 3 is 1.80 bits per heavy atom. The Kier molecular flexibility index (Phi) is 5.97. The van der Waals surface area contributed by atoms with Crippen molar-refractivity contribution in [3.8, 4) is 0 Å². The summed E-state index contributed by atoms with van der Waals surface area (Å²) in [4.78, 5) is 24.8. The minimum Gasteiger partial charge on any atom is -0.480 e. The monoisotopic (exact) mass is 339 g/mol. The summed E-state index contributed by atoms with van der Waals surface area (Å²) < 4.78 is 0. The molecular formula is C21H25NO3. The fraction of sp³-hybridized carbons (Fsp3) is 0.333. The molecule has 2 atom stereocenters. The van der Waals surface area contributed by atoms with Crippen LogP contribution in [0.2, 0.25) is 0 Å². The number of carboxylic acid groups (broad SMARTS) is 1. The van der Waals surface area contributed by atoms with E-state index in [1.165, 1.54) is 0 Å². The molecule has 2 aromatic rings. The summed E-state index contributed by atoms with van der Waals surface area (Å²) in [5, 5.41) is 12.3. The molecule has 0 aliphatic carbocycles. The number of rotatable bonds is 7. The van der Waals surface area contributed by atoms with E-state index in [0.717, 1.165) is 11.1 Å². The fourth-order valence-electron chi connectivity index (χ4n) is 2.94. The van der Waals surface area contributed by atoms with Crippen LogP contribution >= 0.6 is 0 Å². The van der Waals surface area contributed by atoms with Crippen molar-refractivity contribution in [2.45, 2.75) is 38.6 Å². The van der Waals surface area contributed by atoms with E-state index in [1.807, 2.05) is 81.4 Å². The first-order valence-corrected chi connectivity index (χ1v) is 8.56. The Morgan fingerprint density at radius 2 is 1.44 bits per heavy atom. The molecule has 4 nitrogen and oxygen atoms in total. The maximum absolute atomic E-state index is 13.2. The number of carbonyl (C=O) groups excluding carboxylic acids is 1. The third-order valence-corrected chi connectivity index (χ3v) is 4.92. The van der Waals surface area contributed by atoms with E-state index in [9.17, 15) is 14.7 Å². The number of hydrogen-bond donors (Lipinski definition) is 2. The molecular weight excluding hydrogens is 314 g/mol. The van der Waals surface area contributed by atoms with Crippen LogP contribution in [-0.4, -0.2) is 23.0 Å². The lowest BCUT2D eigenvalue weighted by molar-refractivity contribution is -0.144. The van der Waals surface area contributed by atoms with Crippen molar-refractivity contribution in [2.24, 2.45) is 5.92 Å². The standard InChI is InChI=1S/C21H25NO3/c1-4-15(2)18(19(23)24)22-20(25)21(3,16-11-7-5-8-12-16)17-13-9-6-10-14-17/h5-15,18H,4H2,1-3H3,(H,22,25)(H,23,24)/t15-,18+/m1/s1. The van der Waals surface area contributed by atoms with Gasteiger partial charge in [-0.1, -0.05) is 80.9 Å². The normalized spacial score (nSPS) is 13.7. The largest absolute Gasteiger partial charge is 0.480 e. The molecule has 0 saturated carbocycles. The van der Waals surface area contributed by atoms with Gasteiger partial charge in [0.1, 0.15) is 6.04 Å². The van der Waals surface area contributed by atoms with E-state index >= 15 is 0 Å². The molecule has 0 bridgehead atoms. The molecule has 2 aromatic carbocycles. The van der Waals surface area contributed by atoms with Gasteiger partial charge in [0.05, 0.1) is 5.41 Å². The Morgan fingerprint density at radius 1 is 1.00 bits per heavy atom. The van der Waals surface area contributed by atoms with Gasteiger partial charge in [0.25, 0.3) is 0 Å². The molecule has 0 saturated heterocycles. The van der Waals surface area contributed by atoms with Gasteiger partial charge in [-0.3, -0.25) is 4.79 Å². The van der Waals surface area contributed by atoms with E-state index in [-0.39, 0.29) is 11.8 Å². The second kappa shape index (κ2) is 7.97. The third kappa shape index (κ3) is 3.90. The van der Waals surface area contributed by atoms with Crippen LogP contribution in [0, 0.1) is 5.92 Å². The van der Waals surface area contributed by atoms with Gasteiger partial charge in [0.15, 0.2) is 0 Å². The highest BCUT2D eigenvalue weighted by atomic mass is 16.4. The first kappa shape index (κ1) is 18.7. The number of nitrogens with one attached hydrogen (secondary N) is 1. The summed E-state index contributed by atoms with van der Waals surface area (Å²) in [6.07, 6.45) is 0.671. The van der Waals surface area contributed by atoms with Crippen LogP contribution in [-0.2, 0) is 15.0 Å². The van der Waals surface area contributed by atoms with Crippen molar-refractivity contribution in [2.75, 3.05) is 0 Å². The number of carboxylic acids is 1. The Labute approximate surface area is 148 Å². The van der Waals surface area contributed by atoms with Crippen LogP contribution in [0.4, 0.5) is 0 Å². The van der Waals surface area contributed by atoms with Crippen LogP contribution in [0.25, 0.3) is 0 Å². The highest BCUT2D eigenvalue weighted by Gasteiger charge is 2.39. The molecule has 0 aliphatic heterocycles. The predicted molar refractivity (Wildman–Crippen MR) is 98.4 cm³/mol. The van der Waals surface area contributed by atoms with Crippen LogP contribution in [0.3, 0.4) is 0 Å². The average molecular weight is 339 g/mol. The predicted octanol–water partition coefficient (Wildman–Crippen LogP) is 3.61. The van der Waals surface area contributed by atoms with Gasteiger partial charge in [-0.15, -0.1) is 0 Å². The highest BCUT2D eigenvalue weighted by molar-refractivity contribution is 5.94. The smallest absolute Gasteiger partial charge is 0.326 e. The molecule has 0 unspecified atom stereocenters. The maximum atomic E-state index is 13.2. The van der Waals surface area contributed by atoms with Gasteiger partial charge in [0, 0.05) is 0 Å². The third-order valence-electron chi connectivity index (χ3n) is 4.92. The second-order valence-corrected chi connectivity index (χ2v) is 6.53. The lowest BCUT2D eigenvalue weighted by atomic mass is 9.75. The van der Waals surface area contributed by atoms with Crippen LogP contribution in [0.5, 0.6) is 0 Å². The van der Waals surface area contributed by atoms with Gasteiger partial charge >= 0.3 is 5.97 Å². The summed E-state index contributed by atoms with van der Waals surface area (Å²) in [5.74, 6) is -1.47. The lowest BCUT2D eigenvalue weighted by Gasteiger charge is -2.32. The van der Waals surface area contributed by atoms with Crippen molar-refractivity contribution in [3.05, 3.63) is 71.8 Å². The average Bonchev–Trinajstić information content (AvgIpc) is 2.65. The molecule has 4 heteroatoms. The first-order valence-electron chi connectivity index (χ1n) is 8.56. The lowest BCUT2D eigenvalue weighted by Crippen LogP contribution is -2.52. The molecule has 1 amide bonds. The van der Waals surface area contributed by atoms with E-state index < -0.39 is 17.4 Å². The minimum absolute atomic E-state index is 0.155. The van der Waals surface area contributed by atoms with Gasteiger partial charge in [0.2, 0.25) is 5.91 Å². The van der Waals surface area contributed by atoms with Crippen molar-refractivity contribution in [1.82, 2.24) is 5.32 Å².